The molecule has 2 rings (SSSR count). The minimum atomic E-state index is -3.55. The lowest BCUT2D eigenvalue weighted by Gasteiger charge is -2.16. The normalized spacial score (nSPS) is 13.2. The predicted octanol–water partition coefficient (Wildman–Crippen LogP) is 2.80. The molecule has 2 aromatic rings. The third kappa shape index (κ3) is 4.06. The van der Waals surface area contributed by atoms with Crippen LogP contribution in [0.25, 0.3) is 0 Å². The van der Waals surface area contributed by atoms with Crippen molar-refractivity contribution in [1.29, 1.82) is 0 Å². The number of benzene rings is 1. The van der Waals surface area contributed by atoms with Crippen LogP contribution >= 0.6 is 11.3 Å². The average molecular weight is 324 g/mol. The Morgan fingerprint density at radius 1 is 1.33 bits per heavy atom. The Morgan fingerprint density at radius 3 is 2.71 bits per heavy atom. The van der Waals surface area contributed by atoms with Crippen molar-refractivity contribution in [3.8, 4) is 0 Å². The minimum Gasteiger partial charge on any atom is -0.399 e. The lowest BCUT2D eigenvalue weighted by atomic mass is 10.1. The Hall–Kier alpha value is -1.37. The first-order valence-electron chi connectivity index (χ1n) is 6.84. The summed E-state index contributed by atoms with van der Waals surface area (Å²) in [6, 6.07) is 6.86. The summed E-state index contributed by atoms with van der Waals surface area (Å²) in [5.74, 6) is 0. The summed E-state index contributed by atoms with van der Waals surface area (Å²) in [5.41, 5.74) is 8.10. The first kappa shape index (κ1) is 16.0. The second-order valence-electron chi connectivity index (χ2n) is 5.08. The van der Waals surface area contributed by atoms with Crippen LogP contribution in [0.1, 0.15) is 25.0 Å². The van der Waals surface area contributed by atoms with Gasteiger partial charge >= 0.3 is 0 Å². The number of hydrogen-bond acceptors (Lipinski definition) is 4. The quantitative estimate of drug-likeness (QED) is 0.803. The SMILES string of the molecule is CCc1ccc(N)cc1S(=O)(=O)NC(C)Cc1ccsc1. The summed E-state index contributed by atoms with van der Waals surface area (Å²) >= 11 is 1.61. The van der Waals surface area contributed by atoms with E-state index in [1.807, 2.05) is 30.7 Å². The van der Waals surface area contributed by atoms with Gasteiger partial charge in [-0.1, -0.05) is 13.0 Å². The largest absolute Gasteiger partial charge is 0.399 e. The van der Waals surface area contributed by atoms with Crippen molar-refractivity contribution < 1.29 is 8.42 Å². The molecule has 0 fully saturated rings. The van der Waals surface area contributed by atoms with Gasteiger partial charge in [0.2, 0.25) is 10.0 Å². The van der Waals surface area contributed by atoms with Gasteiger partial charge in [0, 0.05) is 11.7 Å². The number of nitrogens with two attached hydrogens (primary N) is 1. The van der Waals surface area contributed by atoms with E-state index < -0.39 is 10.0 Å². The van der Waals surface area contributed by atoms with Gasteiger partial charge in [-0.05, 0) is 59.9 Å². The van der Waals surface area contributed by atoms with Crippen molar-refractivity contribution in [2.24, 2.45) is 0 Å². The lowest BCUT2D eigenvalue weighted by Crippen LogP contribution is -2.34. The number of nitrogens with one attached hydrogen (secondary N) is 1. The van der Waals surface area contributed by atoms with E-state index in [0.717, 1.165) is 11.1 Å². The number of thiophene rings is 1. The van der Waals surface area contributed by atoms with E-state index in [0.29, 0.717) is 18.5 Å². The molecule has 114 valence electrons. The van der Waals surface area contributed by atoms with Gasteiger partial charge in [-0.2, -0.15) is 11.3 Å². The Balaban J connectivity index is 2.20. The molecular formula is C15H20N2O2S2. The van der Waals surface area contributed by atoms with E-state index in [1.54, 1.807) is 23.5 Å². The summed E-state index contributed by atoms with van der Waals surface area (Å²) in [5, 5.41) is 4.02. The molecule has 1 heterocycles. The van der Waals surface area contributed by atoms with Crippen molar-refractivity contribution >= 4 is 27.0 Å². The number of aryl methyl sites for hydroxylation is 1. The Kier molecular flexibility index (Phi) is 5.03. The zero-order chi connectivity index (χ0) is 15.5. The van der Waals surface area contributed by atoms with Crippen LogP contribution in [-0.4, -0.2) is 14.5 Å². The van der Waals surface area contributed by atoms with Gasteiger partial charge in [-0.3, -0.25) is 0 Å². The second kappa shape index (κ2) is 6.60. The molecule has 1 aromatic heterocycles. The van der Waals surface area contributed by atoms with E-state index >= 15 is 0 Å². The molecule has 0 spiro atoms. The fourth-order valence-corrected chi connectivity index (χ4v) is 4.52. The number of nitrogen functional groups attached to an aromatic ring is 1. The van der Waals surface area contributed by atoms with Crippen LogP contribution in [0.4, 0.5) is 5.69 Å². The lowest BCUT2D eigenvalue weighted by molar-refractivity contribution is 0.559. The van der Waals surface area contributed by atoms with E-state index in [-0.39, 0.29) is 10.9 Å². The molecule has 3 N–H and O–H groups in total. The highest BCUT2D eigenvalue weighted by atomic mass is 32.2. The van der Waals surface area contributed by atoms with Crippen LogP contribution in [0.15, 0.2) is 39.9 Å². The number of anilines is 1. The number of hydrogen-bond donors (Lipinski definition) is 2. The predicted molar refractivity (Wildman–Crippen MR) is 88.0 cm³/mol. The Labute approximate surface area is 130 Å². The molecule has 0 aliphatic heterocycles. The fraction of sp³-hybridized carbons (Fsp3) is 0.333. The highest BCUT2D eigenvalue weighted by molar-refractivity contribution is 7.89. The van der Waals surface area contributed by atoms with Crippen LogP contribution in [0.5, 0.6) is 0 Å². The molecule has 1 atom stereocenters. The summed E-state index contributed by atoms with van der Waals surface area (Å²) in [4.78, 5) is 0.280. The van der Waals surface area contributed by atoms with E-state index in [1.165, 1.54) is 6.07 Å². The Morgan fingerprint density at radius 2 is 2.10 bits per heavy atom. The van der Waals surface area contributed by atoms with Crippen LogP contribution < -0.4 is 10.5 Å². The maximum atomic E-state index is 12.5. The molecule has 4 nitrogen and oxygen atoms in total. The molecule has 0 saturated carbocycles. The number of rotatable bonds is 6. The summed E-state index contributed by atoms with van der Waals surface area (Å²) < 4.78 is 27.8. The maximum absolute atomic E-state index is 12.5. The molecule has 0 aliphatic carbocycles. The summed E-state index contributed by atoms with van der Waals surface area (Å²) in [6.45, 7) is 3.80. The van der Waals surface area contributed by atoms with Crippen molar-refractivity contribution in [1.82, 2.24) is 4.72 Å². The standard InChI is InChI=1S/C15H20N2O2S2/c1-3-13-4-5-14(16)9-15(13)21(18,19)17-11(2)8-12-6-7-20-10-12/h4-7,9-11,17H,3,8,16H2,1-2H3. The molecule has 0 radical (unpaired) electrons. The van der Waals surface area contributed by atoms with Gasteiger partial charge in [0.25, 0.3) is 0 Å². The van der Waals surface area contributed by atoms with Gasteiger partial charge in [0.05, 0.1) is 4.90 Å². The monoisotopic (exact) mass is 324 g/mol. The molecule has 6 heteroatoms. The fourth-order valence-electron chi connectivity index (χ4n) is 2.25. The van der Waals surface area contributed by atoms with E-state index in [4.69, 9.17) is 5.73 Å². The molecule has 1 unspecified atom stereocenters. The molecular weight excluding hydrogens is 304 g/mol. The zero-order valence-corrected chi connectivity index (χ0v) is 13.8. The van der Waals surface area contributed by atoms with Gasteiger partial charge < -0.3 is 5.73 Å². The highest BCUT2D eigenvalue weighted by Gasteiger charge is 2.20. The van der Waals surface area contributed by atoms with Crippen LogP contribution in [0, 0.1) is 0 Å². The molecule has 21 heavy (non-hydrogen) atoms. The molecule has 0 bridgehead atoms. The van der Waals surface area contributed by atoms with Crippen molar-refractivity contribution in [2.45, 2.75) is 37.6 Å². The third-order valence-corrected chi connectivity index (χ3v) is 5.64. The van der Waals surface area contributed by atoms with Crippen LogP contribution in [0.2, 0.25) is 0 Å². The minimum absolute atomic E-state index is 0.171. The van der Waals surface area contributed by atoms with Crippen molar-refractivity contribution in [3.05, 3.63) is 46.2 Å². The van der Waals surface area contributed by atoms with Gasteiger partial charge in [-0.15, -0.1) is 0 Å². The van der Waals surface area contributed by atoms with Crippen LogP contribution in [-0.2, 0) is 22.9 Å². The highest BCUT2D eigenvalue weighted by Crippen LogP contribution is 2.20. The summed E-state index contributed by atoms with van der Waals surface area (Å²) in [7, 11) is -3.55. The molecule has 0 aliphatic rings. The van der Waals surface area contributed by atoms with Crippen molar-refractivity contribution in [3.63, 3.8) is 0 Å². The molecule has 1 aromatic carbocycles. The van der Waals surface area contributed by atoms with Gasteiger partial charge in [0.1, 0.15) is 0 Å². The van der Waals surface area contributed by atoms with E-state index in [2.05, 4.69) is 4.72 Å². The van der Waals surface area contributed by atoms with Gasteiger partial charge in [0.15, 0.2) is 0 Å². The maximum Gasteiger partial charge on any atom is 0.241 e. The topological polar surface area (TPSA) is 72.2 Å². The second-order valence-corrected chi connectivity index (χ2v) is 7.54. The Bertz CT molecular complexity index is 694. The number of sulfonamides is 1. The first-order valence-corrected chi connectivity index (χ1v) is 9.26. The molecule has 0 saturated heterocycles. The molecule has 0 amide bonds. The van der Waals surface area contributed by atoms with Gasteiger partial charge in [-0.25, -0.2) is 13.1 Å². The average Bonchev–Trinajstić information content (AvgIpc) is 2.90. The van der Waals surface area contributed by atoms with Crippen molar-refractivity contribution in [2.75, 3.05) is 5.73 Å². The smallest absolute Gasteiger partial charge is 0.241 e. The van der Waals surface area contributed by atoms with E-state index in [9.17, 15) is 8.42 Å². The third-order valence-electron chi connectivity index (χ3n) is 3.24. The zero-order valence-electron chi connectivity index (χ0n) is 12.2. The summed E-state index contributed by atoms with van der Waals surface area (Å²) in [6.07, 6.45) is 1.32. The van der Waals surface area contributed by atoms with Crippen LogP contribution in [0.3, 0.4) is 0 Å². The first-order chi connectivity index (χ1) is 9.92.